The number of rotatable bonds is 3. The molecule has 1 aromatic carbocycles. The van der Waals surface area contributed by atoms with Crippen LogP contribution in [-0.4, -0.2) is 32.2 Å². The van der Waals surface area contributed by atoms with Crippen molar-refractivity contribution in [2.24, 2.45) is 5.92 Å². The number of fused-ring (bicyclic) bond motifs is 2. The number of nitrogens with one attached hydrogen (secondary N) is 1. The number of hydrogen-bond donors (Lipinski definition) is 1. The van der Waals surface area contributed by atoms with Gasteiger partial charge in [-0.2, -0.15) is 0 Å². The van der Waals surface area contributed by atoms with Crippen molar-refractivity contribution in [1.29, 1.82) is 0 Å². The molecule has 0 fully saturated rings. The number of thiophene rings is 1. The summed E-state index contributed by atoms with van der Waals surface area (Å²) in [7, 11) is 1.37. The summed E-state index contributed by atoms with van der Waals surface area (Å²) in [6.45, 7) is 3.16. The molecule has 6 nitrogen and oxygen atoms in total. The van der Waals surface area contributed by atoms with E-state index in [4.69, 9.17) is 14.2 Å². The second kappa shape index (κ2) is 7.23. The van der Waals surface area contributed by atoms with Crippen molar-refractivity contribution in [3.8, 4) is 11.5 Å². The summed E-state index contributed by atoms with van der Waals surface area (Å²) in [6, 6.07) is 5.08. The van der Waals surface area contributed by atoms with Gasteiger partial charge < -0.3 is 19.5 Å². The largest absolute Gasteiger partial charge is 0.486 e. The van der Waals surface area contributed by atoms with Crippen LogP contribution in [0, 0.1) is 5.92 Å². The highest BCUT2D eigenvalue weighted by atomic mass is 32.1. The Kier molecular flexibility index (Phi) is 4.78. The number of ether oxygens (including phenoxy) is 3. The minimum atomic E-state index is -0.403. The summed E-state index contributed by atoms with van der Waals surface area (Å²) in [5.41, 5.74) is 1.97. The number of esters is 1. The highest BCUT2D eigenvalue weighted by molar-refractivity contribution is 7.17. The van der Waals surface area contributed by atoms with Crippen LogP contribution in [0.15, 0.2) is 18.2 Å². The summed E-state index contributed by atoms with van der Waals surface area (Å²) < 4.78 is 16.0. The molecular formula is C20H21NO5S. The van der Waals surface area contributed by atoms with Gasteiger partial charge in [-0.1, -0.05) is 6.92 Å². The van der Waals surface area contributed by atoms with Crippen LogP contribution in [0.1, 0.15) is 44.5 Å². The van der Waals surface area contributed by atoms with Crippen molar-refractivity contribution in [2.45, 2.75) is 26.2 Å². The van der Waals surface area contributed by atoms with Gasteiger partial charge >= 0.3 is 5.97 Å². The molecule has 142 valence electrons. The molecule has 1 aliphatic carbocycles. The van der Waals surface area contributed by atoms with Gasteiger partial charge in [0.1, 0.15) is 18.2 Å². The molecule has 0 spiro atoms. The van der Waals surface area contributed by atoms with E-state index in [9.17, 15) is 9.59 Å². The normalized spacial score (nSPS) is 17.8. The Bertz CT molecular complexity index is 904. The lowest BCUT2D eigenvalue weighted by molar-refractivity contribution is 0.0601. The van der Waals surface area contributed by atoms with Crippen molar-refractivity contribution in [2.75, 3.05) is 25.6 Å². The van der Waals surface area contributed by atoms with E-state index in [0.29, 0.717) is 46.8 Å². The Labute approximate surface area is 161 Å². The predicted octanol–water partition coefficient (Wildman–Crippen LogP) is 3.68. The third kappa shape index (κ3) is 3.39. The molecule has 0 saturated heterocycles. The average Bonchev–Trinajstić information content (AvgIpc) is 3.03. The molecule has 27 heavy (non-hydrogen) atoms. The molecule has 0 radical (unpaired) electrons. The number of carbonyl (C=O) groups is 2. The fourth-order valence-corrected chi connectivity index (χ4v) is 4.91. The molecule has 2 aliphatic rings. The Morgan fingerprint density at radius 2 is 2.00 bits per heavy atom. The van der Waals surface area contributed by atoms with E-state index < -0.39 is 5.97 Å². The first-order valence-corrected chi connectivity index (χ1v) is 9.82. The van der Waals surface area contributed by atoms with E-state index in [2.05, 4.69) is 12.2 Å². The Morgan fingerprint density at radius 1 is 1.22 bits per heavy atom. The van der Waals surface area contributed by atoms with Crippen LogP contribution < -0.4 is 14.8 Å². The summed E-state index contributed by atoms with van der Waals surface area (Å²) >= 11 is 1.47. The fourth-order valence-electron chi connectivity index (χ4n) is 3.52. The van der Waals surface area contributed by atoms with Gasteiger partial charge in [0.05, 0.1) is 12.7 Å². The van der Waals surface area contributed by atoms with Crippen molar-refractivity contribution < 1.29 is 23.8 Å². The maximum Gasteiger partial charge on any atom is 0.341 e. The predicted molar refractivity (Wildman–Crippen MR) is 102 cm³/mol. The van der Waals surface area contributed by atoms with Gasteiger partial charge in [-0.25, -0.2) is 4.79 Å². The fraction of sp³-hybridized carbons (Fsp3) is 0.400. The molecule has 1 aromatic heterocycles. The van der Waals surface area contributed by atoms with E-state index in [1.165, 1.54) is 18.4 Å². The number of anilines is 1. The Hall–Kier alpha value is -2.54. The molecule has 1 N–H and O–H groups in total. The van der Waals surface area contributed by atoms with Crippen LogP contribution in [0.2, 0.25) is 0 Å². The topological polar surface area (TPSA) is 73.9 Å². The van der Waals surface area contributed by atoms with Crippen LogP contribution in [0.3, 0.4) is 0 Å². The number of carbonyl (C=O) groups excluding carboxylic acids is 2. The summed E-state index contributed by atoms with van der Waals surface area (Å²) in [5, 5.41) is 3.46. The molecule has 1 atom stereocenters. The Morgan fingerprint density at radius 3 is 2.78 bits per heavy atom. The Balaban J connectivity index is 1.64. The van der Waals surface area contributed by atoms with E-state index in [0.717, 1.165) is 29.7 Å². The zero-order valence-corrected chi connectivity index (χ0v) is 16.1. The first-order chi connectivity index (χ1) is 13.1. The quantitative estimate of drug-likeness (QED) is 0.813. The standard InChI is InChI=1S/C20H21NO5S/c1-11-3-5-13-16(9-11)27-19(17(13)20(23)24-2)21-18(22)12-4-6-14-15(10-12)26-8-7-25-14/h4,6,10-11H,3,5,7-9H2,1-2H3,(H,21,22)/t11-/m0/s1. The third-order valence-corrected chi connectivity index (χ3v) is 6.10. The highest BCUT2D eigenvalue weighted by Crippen LogP contribution is 2.40. The lowest BCUT2D eigenvalue weighted by Gasteiger charge is -2.18. The maximum absolute atomic E-state index is 12.8. The van der Waals surface area contributed by atoms with E-state index >= 15 is 0 Å². The van der Waals surface area contributed by atoms with Crippen molar-refractivity contribution in [1.82, 2.24) is 0 Å². The molecule has 7 heteroatoms. The van der Waals surface area contributed by atoms with Crippen molar-refractivity contribution >= 4 is 28.2 Å². The molecule has 1 amide bonds. The van der Waals surface area contributed by atoms with Crippen LogP contribution in [0.25, 0.3) is 0 Å². The lowest BCUT2D eigenvalue weighted by Crippen LogP contribution is -2.18. The monoisotopic (exact) mass is 387 g/mol. The van der Waals surface area contributed by atoms with Gasteiger partial charge in [-0.15, -0.1) is 11.3 Å². The molecule has 1 aliphatic heterocycles. The molecule has 0 bridgehead atoms. The molecule has 2 heterocycles. The highest BCUT2D eigenvalue weighted by Gasteiger charge is 2.29. The van der Waals surface area contributed by atoms with Gasteiger partial charge in [0.2, 0.25) is 0 Å². The maximum atomic E-state index is 12.8. The van der Waals surface area contributed by atoms with Crippen LogP contribution in [-0.2, 0) is 17.6 Å². The third-order valence-electron chi connectivity index (χ3n) is 4.93. The van der Waals surface area contributed by atoms with Crippen molar-refractivity contribution in [3.05, 3.63) is 39.8 Å². The molecule has 2 aromatic rings. The van der Waals surface area contributed by atoms with E-state index in [1.54, 1.807) is 18.2 Å². The number of methoxy groups -OCH3 is 1. The molecular weight excluding hydrogens is 366 g/mol. The number of hydrogen-bond acceptors (Lipinski definition) is 6. The second-order valence-corrected chi connectivity index (χ2v) is 7.97. The lowest BCUT2D eigenvalue weighted by atomic mass is 9.88. The minimum Gasteiger partial charge on any atom is -0.486 e. The minimum absolute atomic E-state index is 0.288. The van der Waals surface area contributed by atoms with Gasteiger partial charge in [0.25, 0.3) is 5.91 Å². The van der Waals surface area contributed by atoms with Gasteiger partial charge in [-0.3, -0.25) is 4.79 Å². The zero-order chi connectivity index (χ0) is 19.0. The first kappa shape index (κ1) is 17.9. The van der Waals surface area contributed by atoms with E-state index in [-0.39, 0.29) is 5.91 Å². The van der Waals surface area contributed by atoms with Gasteiger partial charge in [-0.05, 0) is 48.9 Å². The smallest absolute Gasteiger partial charge is 0.341 e. The van der Waals surface area contributed by atoms with Gasteiger partial charge in [0, 0.05) is 10.4 Å². The molecule has 0 saturated carbocycles. The molecule has 0 unspecified atom stereocenters. The first-order valence-electron chi connectivity index (χ1n) is 9.00. The molecule has 4 rings (SSSR count). The average molecular weight is 387 g/mol. The second-order valence-electron chi connectivity index (χ2n) is 6.86. The van der Waals surface area contributed by atoms with E-state index in [1.807, 2.05) is 0 Å². The summed E-state index contributed by atoms with van der Waals surface area (Å²) in [6.07, 6.45) is 2.78. The SMILES string of the molecule is COC(=O)c1c(NC(=O)c2ccc3c(c2)OCCO3)sc2c1CC[C@H](C)C2. The van der Waals surface area contributed by atoms with Crippen LogP contribution in [0.4, 0.5) is 5.00 Å². The van der Waals surface area contributed by atoms with Crippen LogP contribution in [0.5, 0.6) is 11.5 Å². The zero-order valence-electron chi connectivity index (χ0n) is 15.3. The van der Waals surface area contributed by atoms with Crippen LogP contribution >= 0.6 is 11.3 Å². The number of amides is 1. The van der Waals surface area contributed by atoms with Gasteiger partial charge in [0.15, 0.2) is 11.5 Å². The number of benzene rings is 1. The summed E-state index contributed by atoms with van der Waals surface area (Å²) in [4.78, 5) is 26.3. The van der Waals surface area contributed by atoms with Crippen molar-refractivity contribution in [3.63, 3.8) is 0 Å². The summed E-state index contributed by atoms with van der Waals surface area (Å²) in [5.74, 6) is 1.07.